The molecule has 0 unspecified atom stereocenters. The summed E-state index contributed by atoms with van der Waals surface area (Å²) in [5.74, 6) is -3.44. The monoisotopic (exact) mass is 528 g/mol. The predicted molar refractivity (Wildman–Crippen MR) is 140 cm³/mol. The molecule has 10 nitrogen and oxygen atoms in total. The number of aliphatic carboxylic acids is 1. The highest BCUT2D eigenvalue weighted by molar-refractivity contribution is 6.00. The molecule has 0 radical (unpaired) electrons. The lowest BCUT2D eigenvalue weighted by molar-refractivity contribution is -0.144. The van der Waals surface area contributed by atoms with Crippen molar-refractivity contribution in [2.75, 3.05) is 39.5 Å². The summed E-state index contributed by atoms with van der Waals surface area (Å²) in [6.07, 6.45) is 1.25. The molecular formula is C27H48N2O8. The van der Waals surface area contributed by atoms with Gasteiger partial charge in [0, 0.05) is 32.4 Å². The molecule has 3 N–H and O–H groups in total. The lowest BCUT2D eigenvalue weighted by Crippen LogP contribution is -2.33. The number of nitrogens with one attached hydrogen (secondary N) is 2. The molecule has 1 atom stereocenters. The molecule has 10 heteroatoms. The Morgan fingerprint density at radius 1 is 0.784 bits per heavy atom. The first-order valence-corrected chi connectivity index (χ1v) is 13.0. The van der Waals surface area contributed by atoms with E-state index < -0.39 is 17.7 Å². The van der Waals surface area contributed by atoms with E-state index in [-0.39, 0.29) is 73.9 Å². The summed E-state index contributed by atoms with van der Waals surface area (Å²) in [4.78, 5) is 59.4. The maximum Gasteiger partial charge on any atom is 0.306 e. The molecule has 0 saturated heterocycles. The Labute approximate surface area is 221 Å². The molecule has 0 heterocycles. The Bertz CT molecular complexity index is 738. The lowest BCUT2D eigenvalue weighted by Gasteiger charge is -2.18. The summed E-state index contributed by atoms with van der Waals surface area (Å²) < 4.78 is 10.7. The van der Waals surface area contributed by atoms with E-state index in [0.29, 0.717) is 32.6 Å². The molecule has 2 amide bonds. The van der Waals surface area contributed by atoms with Gasteiger partial charge in [0.25, 0.3) is 0 Å². The zero-order chi connectivity index (χ0) is 28.5. The smallest absolute Gasteiger partial charge is 0.306 e. The fourth-order valence-corrected chi connectivity index (χ4v) is 3.30. The Morgan fingerprint density at radius 2 is 1.38 bits per heavy atom. The summed E-state index contributed by atoms with van der Waals surface area (Å²) in [5, 5.41) is 14.7. The molecule has 0 aromatic carbocycles. The molecule has 37 heavy (non-hydrogen) atoms. The number of ether oxygens (including phenoxy) is 2. The van der Waals surface area contributed by atoms with Gasteiger partial charge >= 0.3 is 5.97 Å². The van der Waals surface area contributed by atoms with Crippen LogP contribution in [-0.2, 0) is 33.4 Å². The largest absolute Gasteiger partial charge is 0.481 e. The average Bonchev–Trinajstić information content (AvgIpc) is 2.74. The molecule has 0 saturated carbocycles. The molecule has 0 fully saturated rings. The maximum absolute atomic E-state index is 12.2. The molecular weight excluding hydrogens is 480 g/mol. The Kier molecular flexibility index (Phi) is 16.9. The first-order chi connectivity index (χ1) is 17.1. The molecule has 0 spiro atoms. The third-order valence-electron chi connectivity index (χ3n) is 5.23. The molecule has 0 aliphatic carbocycles. The van der Waals surface area contributed by atoms with Crippen LogP contribution in [0.4, 0.5) is 0 Å². The number of carbonyl (C=O) groups is 5. The van der Waals surface area contributed by atoms with Gasteiger partial charge in [-0.15, -0.1) is 0 Å². The van der Waals surface area contributed by atoms with E-state index in [0.717, 1.165) is 6.42 Å². The second-order valence-electron chi connectivity index (χ2n) is 11.8. The Hall–Kier alpha value is -2.33. The number of ketones is 2. The fraction of sp³-hybridized carbons (Fsp3) is 0.815. The van der Waals surface area contributed by atoms with E-state index >= 15 is 0 Å². The van der Waals surface area contributed by atoms with Crippen molar-refractivity contribution >= 4 is 29.4 Å². The van der Waals surface area contributed by atoms with Crippen LogP contribution < -0.4 is 10.6 Å². The molecule has 0 aromatic rings. The predicted octanol–water partition coefficient (Wildman–Crippen LogP) is 2.91. The van der Waals surface area contributed by atoms with Crippen LogP contribution >= 0.6 is 0 Å². The minimum Gasteiger partial charge on any atom is -0.481 e. The number of hydrogen-bond donors (Lipinski definition) is 3. The van der Waals surface area contributed by atoms with Crippen molar-refractivity contribution in [3.8, 4) is 0 Å². The van der Waals surface area contributed by atoms with Crippen LogP contribution in [0.1, 0.15) is 86.5 Å². The normalized spacial score (nSPS) is 12.6. The number of Topliss-reactive ketones (excluding diaryl/α,β-unsaturated/α-hetero) is 2. The van der Waals surface area contributed by atoms with Crippen molar-refractivity contribution in [2.45, 2.75) is 86.5 Å². The van der Waals surface area contributed by atoms with Crippen LogP contribution in [0.5, 0.6) is 0 Å². The van der Waals surface area contributed by atoms with Crippen molar-refractivity contribution in [1.29, 1.82) is 0 Å². The highest BCUT2D eigenvalue weighted by Crippen LogP contribution is 2.22. The van der Waals surface area contributed by atoms with Gasteiger partial charge in [-0.3, -0.25) is 24.0 Å². The van der Waals surface area contributed by atoms with Gasteiger partial charge < -0.3 is 25.2 Å². The summed E-state index contributed by atoms with van der Waals surface area (Å²) in [6.45, 7) is 14.0. The van der Waals surface area contributed by atoms with Gasteiger partial charge in [-0.1, -0.05) is 41.5 Å². The average molecular weight is 529 g/mol. The summed E-state index contributed by atoms with van der Waals surface area (Å²) >= 11 is 0. The van der Waals surface area contributed by atoms with Crippen molar-refractivity contribution in [1.82, 2.24) is 10.6 Å². The second kappa shape index (κ2) is 18.0. The van der Waals surface area contributed by atoms with Crippen molar-refractivity contribution in [3.05, 3.63) is 0 Å². The zero-order valence-corrected chi connectivity index (χ0v) is 23.6. The molecule has 214 valence electrons. The third-order valence-corrected chi connectivity index (χ3v) is 5.23. The van der Waals surface area contributed by atoms with Crippen molar-refractivity contribution < 1.29 is 38.6 Å². The Morgan fingerprint density at radius 3 is 1.95 bits per heavy atom. The number of rotatable bonds is 20. The molecule has 0 aliphatic rings. The third kappa shape index (κ3) is 22.6. The van der Waals surface area contributed by atoms with Crippen LogP contribution in [0, 0.1) is 16.7 Å². The second-order valence-corrected chi connectivity index (χ2v) is 11.8. The van der Waals surface area contributed by atoms with E-state index in [1.807, 2.05) is 0 Å². The zero-order valence-electron chi connectivity index (χ0n) is 23.6. The summed E-state index contributed by atoms with van der Waals surface area (Å²) in [7, 11) is 0. The van der Waals surface area contributed by atoms with Gasteiger partial charge in [-0.05, 0) is 30.1 Å². The fourth-order valence-electron chi connectivity index (χ4n) is 3.30. The number of carboxylic acids is 1. The number of carboxylic acid groups (broad SMARTS) is 1. The standard InChI is InChI=1S/C27H48N2O8/c1-26(2,3)11-7-8-21(30)17-22(31)16-20(25(34)35)9-10-23(32)28-12-14-36-18-24(33)29-13-15-37-19-27(4,5)6/h20H,7-19H2,1-6H3,(H,28,32)(H,29,33)(H,34,35)/t20-/m1/s1. The van der Waals surface area contributed by atoms with Crippen LogP contribution in [-0.4, -0.2) is 74.0 Å². The molecule has 0 rings (SSSR count). The van der Waals surface area contributed by atoms with Crippen LogP contribution in [0.15, 0.2) is 0 Å². The van der Waals surface area contributed by atoms with E-state index in [2.05, 4.69) is 52.2 Å². The minimum absolute atomic E-state index is 0.00826. The Balaban J connectivity index is 4.03. The summed E-state index contributed by atoms with van der Waals surface area (Å²) in [6, 6.07) is 0. The van der Waals surface area contributed by atoms with E-state index in [9.17, 15) is 29.1 Å². The van der Waals surface area contributed by atoms with Crippen LogP contribution in [0.3, 0.4) is 0 Å². The van der Waals surface area contributed by atoms with Crippen LogP contribution in [0.2, 0.25) is 0 Å². The minimum atomic E-state index is -1.17. The topological polar surface area (TPSA) is 148 Å². The van der Waals surface area contributed by atoms with Gasteiger partial charge in [0.1, 0.15) is 18.2 Å². The highest BCUT2D eigenvalue weighted by Gasteiger charge is 2.23. The van der Waals surface area contributed by atoms with Gasteiger partial charge in [0.2, 0.25) is 11.8 Å². The molecule has 0 aromatic heterocycles. The molecule has 0 bridgehead atoms. The number of carbonyl (C=O) groups excluding carboxylic acids is 4. The quantitative estimate of drug-likeness (QED) is 0.161. The van der Waals surface area contributed by atoms with Gasteiger partial charge in [0.05, 0.1) is 32.2 Å². The highest BCUT2D eigenvalue weighted by atomic mass is 16.5. The first kappa shape index (κ1) is 34.7. The van der Waals surface area contributed by atoms with Gasteiger partial charge in [-0.2, -0.15) is 0 Å². The van der Waals surface area contributed by atoms with E-state index in [1.165, 1.54) is 0 Å². The van der Waals surface area contributed by atoms with Crippen molar-refractivity contribution in [3.63, 3.8) is 0 Å². The first-order valence-electron chi connectivity index (χ1n) is 13.0. The summed E-state index contributed by atoms with van der Waals surface area (Å²) in [5.41, 5.74) is 0.178. The van der Waals surface area contributed by atoms with Gasteiger partial charge in [0.15, 0.2) is 0 Å². The van der Waals surface area contributed by atoms with Gasteiger partial charge in [-0.25, -0.2) is 0 Å². The number of hydrogen-bond acceptors (Lipinski definition) is 7. The SMILES string of the molecule is CC(C)(C)CCCC(=O)CC(=O)C[C@@H](CCC(=O)NCCOCC(=O)NCCOCC(C)(C)C)C(=O)O. The van der Waals surface area contributed by atoms with Crippen LogP contribution in [0.25, 0.3) is 0 Å². The number of amides is 2. The lowest BCUT2D eigenvalue weighted by atomic mass is 9.88. The van der Waals surface area contributed by atoms with E-state index in [1.54, 1.807) is 0 Å². The van der Waals surface area contributed by atoms with E-state index in [4.69, 9.17) is 9.47 Å². The maximum atomic E-state index is 12.2. The van der Waals surface area contributed by atoms with Crippen molar-refractivity contribution in [2.24, 2.45) is 16.7 Å². The molecule has 0 aliphatic heterocycles.